The molecule has 0 amide bonds. The molecule has 1 saturated carbocycles. The first-order valence-corrected chi connectivity index (χ1v) is 8.56. The van der Waals surface area contributed by atoms with E-state index >= 15 is 0 Å². The van der Waals surface area contributed by atoms with Gasteiger partial charge in [0.05, 0.1) is 11.3 Å². The summed E-state index contributed by atoms with van der Waals surface area (Å²) >= 11 is 0. The van der Waals surface area contributed by atoms with Crippen molar-refractivity contribution in [2.75, 3.05) is 13.2 Å². The van der Waals surface area contributed by atoms with Gasteiger partial charge in [-0.25, -0.2) is 4.39 Å². The Morgan fingerprint density at radius 1 is 1.11 bits per heavy atom. The summed E-state index contributed by atoms with van der Waals surface area (Å²) in [4.78, 5) is 5.20. The van der Waals surface area contributed by atoms with Crippen molar-refractivity contribution in [3.05, 3.63) is 65.5 Å². The predicted octanol–water partition coefficient (Wildman–Crippen LogP) is 5.42. The Hall–Kier alpha value is -2.57. The highest BCUT2D eigenvalue weighted by Gasteiger charge is 2.40. The van der Waals surface area contributed by atoms with Gasteiger partial charge in [0.2, 0.25) is 0 Å². The number of nitrogens with zero attached hydrogens (tertiary/aromatic N) is 1. The zero-order chi connectivity index (χ0) is 19.4. The van der Waals surface area contributed by atoms with Crippen LogP contribution in [-0.2, 0) is 11.0 Å². The van der Waals surface area contributed by atoms with Crippen molar-refractivity contribution >= 4 is 5.71 Å². The Balaban J connectivity index is 1.42. The van der Waals surface area contributed by atoms with Crippen LogP contribution in [0.4, 0.5) is 17.6 Å². The van der Waals surface area contributed by atoms with Gasteiger partial charge in [-0.3, -0.25) is 0 Å². The van der Waals surface area contributed by atoms with Crippen LogP contribution in [0.1, 0.15) is 30.4 Å². The van der Waals surface area contributed by atoms with Gasteiger partial charge in [-0.1, -0.05) is 23.4 Å². The summed E-state index contributed by atoms with van der Waals surface area (Å²) in [7, 11) is 0. The fraction of sp³-hybridized carbons (Fsp3) is 0.350. The summed E-state index contributed by atoms with van der Waals surface area (Å²) in [5.41, 5.74) is 1.16. The van der Waals surface area contributed by atoms with Crippen molar-refractivity contribution in [1.29, 1.82) is 0 Å². The lowest BCUT2D eigenvalue weighted by atomic mass is 10.1. The molecule has 0 radical (unpaired) electrons. The minimum Gasteiger partial charge on any atom is -0.490 e. The van der Waals surface area contributed by atoms with Crippen LogP contribution in [0.3, 0.4) is 0 Å². The van der Waals surface area contributed by atoms with Gasteiger partial charge in [0, 0.05) is 5.92 Å². The third kappa shape index (κ3) is 5.21. The highest BCUT2D eigenvalue weighted by molar-refractivity contribution is 5.87. The first-order valence-electron chi connectivity index (χ1n) is 8.56. The van der Waals surface area contributed by atoms with E-state index in [1.807, 2.05) is 6.92 Å². The summed E-state index contributed by atoms with van der Waals surface area (Å²) in [6.07, 6.45) is -3.46. The van der Waals surface area contributed by atoms with Crippen molar-refractivity contribution in [3.8, 4) is 5.75 Å². The molecule has 1 aliphatic rings. The molecule has 0 aliphatic heterocycles. The highest BCUT2D eigenvalue weighted by Crippen LogP contribution is 2.48. The maximum absolute atomic E-state index is 13.0. The molecule has 0 bridgehead atoms. The minimum absolute atomic E-state index is 0.0874. The molecule has 0 N–H and O–H groups in total. The number of rotatable bonds is 7. The Bertz CT molecular complexity index is 802. The first-order chi connectivity index (χ1) is 12.8. The Labute approximate surface area is 154 Å². The molecular weight excluding hydrogens is 362 g/mol. The van der Waals surface area contributed by atoms with Gasteiger partial charge in [0.1, 0.15) is 18.2 Å². The predicted molar refractivity (Wildman–Crippen MR) is 93.2 cm³/mol. The third-order valence-electron chi connectivity index (χ3n) is 4.44. The van der Waals surface area contributed by atoms with Crippen LogP contribution in [0, 0.1) is 11.7 Å². The van der Waals surface area contributed by atoms with E-state index in [9.17, 15) is 17.6 Å². The van der Waals surface area contributed by atoms with E-state index in [-0.39, 0.29) is 30.7 Å². The number of alkyl halides is 3. The SMILES string of the molecule is CC(=NOCCOc1cccc(C(F)(F)F)c1)[C@@H]1C[C@H]1c1ccc(F)cc1. The Morgan fingerprint density at radius 3 is 2.56 bits per heavy atom. The maximum Gasteiger partial charge on any atom is 0.416 e. The molecule has 1 fully saturated rings. The van der Waals surface area contributed by atoms with E-state index in [0.29, 0.717) is 5.92 Å². The smallest absolute Gasteiger partial charge is 0.416 e. The second kappa shape index (κ2) is 7.98. The zero-order valence-electron chi connectivity index (χ0n) is 14.7. The van der Waals surface area contributed by atoms with Gasteiger partial charge in [-0.05, 0) is 55.2 Å². The lowest BCUT2D eigenvalue weighted by Crippen LogP contribution is -2.08. The molecule has 7 heteroatoms. The lowest BCUT2D eigenvalue weighted by molar-refractivity contribution is -0.137. The average molecular weight is 381 g/mol. The summed E-state index contributed by atoms with van der Waals surface area (Å²) in [6, 6.07) is 11.1. The van der Waals surface area contributed by atoms with E-state index in [0.717, 1.165) is 29.8 Å². The lowest BCUT2D eigenvalue weighted by Gasteiger charge is -2.10. The Kier molecular flexibility index (Phi) is 5.68. The number of benzene rings is 2. The van der Waals surface area contributed by atoms with Crippen molar-refractivity contribution in [1.82, 2.24) is 0 Å². The molecule has 0 aromatic heterocycles. The number of oxime groups is 1. The molecule has 0 spiro atoms. The average Bonchev–Trinajstić information content (AvgIpc) is 3.42. The molecule has 2 aromatic rings. The molecule has 3 nitrogen and oxygen atoms in total. The van der Waals surface area contributed by atoms with Crippen molar-refractivity contribution < 1.29 is 27.1 Å². The number of hydrogen-bond acceptors (Lipinski definition) is 3. The van der Waals surface area contributed by atoms with E-state index in [2.05, 4.69) is 5.16 Å². The van der Waals surface area contributed by atoms with Gasteiger partial charge >= 0.3 is 6.18 Å². The van der Waals surface area contributed by atoms with Crippen molar-refractivity contribution in [3.63, 3.8) is 0 Å². The van der Waals surface area contributed by atoms with Crippen LogP contribution in [0.5, 0.6) is 5.75 Å². The van der Waals surface area contributed by atoms with Gasteiger partial charge < -0.3 is 9.57 Å². The molecule has 1 aliphatic carbocycles. The van der Waals surface area contributed by atoms with Gasteiger partial charge in [0.15, 0.2) is 6.61 Å². The topological polar surface area (TPSA) is 30.8 Å². The number of hydrogen-bond donors (Lipinski definition) is 0. The summed E-state index contributed by atoms with van der Waals surface area (Å²) in [5.74, 6) is 0.456. The van der Waals surface area contributed by atoms with Crippen LogP contribution in [0.15, 0.2) is 53.7 Å². The summed E-state index contributed by atoms with van der Waals surface area (Å²) in [5, 5.41) is 4.05. The third-order valence-corrected chi connectivity index (χ3v) is 4.44. The van der Waals surface area contributed by atoms with Crippen molar-refractivity contribution in [2.45, 2.75) is 25.4 Å². The largest absolute Gasteiger partial charge is 0.490 e. The van der Waals surface area contributed by atoms with Gasteiger partial charge in [-0.15, -0.1) is 0 Å². The molecule has 2 aromatic carbocycles. The quantitative estimate of drug-likeness (QED) is 0.278. The number of halogens is 4. The van der Waals surface area contributed by atoms with Gasteiger partial charge in [0.25, 0.3) is 0 Å². The molecular formula is C20H19F4NO2. The van der Waals surface area contributed by atoms with E-state index in [4.69, 9.17) is 9.57 Å². The molecule has 27 heavy (non-hydrogen) atoms. The molecule has 0 unspecified atom stereocenters. The monoisotopic (exact) mass is 381 g/mol. The van der Waals surface area contributed by atoms with Crippen LogP contribution < -0.4 is 4.74 Å². The van der Waals surface area contributed by atoms with Gasteiger partial charge in [-0.2, -0.15) is 13.2 Å². The fourth-order valence-corrected chi connectivity index (χ4v) is 2.91. The van der Waals surface area contributed by atoms with Crippen LogP contribution in [0.25, 0.3) is 0 Å². The molecule has 2 atom stereocenters. The highest BCUT2D eigenvalue weighted by atomic mass is 19.4. The van der Waals surface area contributed by atoms with E-state index in [1.165, 1.54) is 24.3 Å². The van der Waals surface area contributed by atoms with Crippen LogP contribution in [-0.4, -0.2) is 18.9 Å². The van der Waals surface area contributed by atoms with Crippen molar-refractivity contribution in [2.24, 2.45) is 11.1 Å². The molecule has 0 heterocycles. The first kappa shape index (κ1) is 19.2. The zero-order valence-corrected chi connectivity index (χ0v) is 14.7. The normalized spacial score (nSPS) is 19.7. The number of ether oxygens (including phenoxy) is 1. The van der Waals surface area contributed by atoms with E-state index < -0.39 is 11.7 Å². The standard InChI is InChI=1S/C20H19F4NO2/c1-13(18-12-19(18)14-5-7-16(21)8-6-14)25-27-10-9-26-17-4-2-3-15(11-17)20(22,23)24/h2-8,11,18-19H,9-10,12H2,1H3/t18-,19-/m0/s1. The van der Waals surface area contributed by atoms with Crippen LogP contribution in [0.2, 0.25) is 0 Å². The molecule has 0 saturated heterocycles. The second-order valence-corrected chi connectivity index (χ2v) is 6.44. The second-order valence-electron chi connectivity index (χ2n) is 6.44. The minimum atomic E-state index is -4.40. The fourth-order valence-electron chi connectivity index (χ4n) is 2.91. The summed E-state index contributed by atoms with van der Waals surface area (Å²) in [6.45, 7) is 2.08. The Morgan fingerprint density at radius 2 is 1.85 bits per heavy atom. The van der Waals surface area contributed by atoms with E-state index in [1.54, 1.807) is 12.1 Å². The van der Waals surface area contributed by atoms with Crippen LogP contribution >= 0.6 is 0 Å². The summed E-state index contributed by atoms with van der Waals surface area (Å²) < 4.78 is 56.1. The molecule has 144 valence electrons. The molecule has 3 rings (SSSR count). The maximum atomic E-state index is 13.0.